The first kappa shape index (κ1) is 11.2. The van der Waals surface area contributed by atoms with E-state index in [0.717, 1.165) is 30.0 Å². The summed E-state index contributed by atoms with van der Waals surface area (Å²) in [7, 11) is 0. The highest BCUT2D eigenvalue weighted by Crippen LogP contribution is 2.20. The SMILES string of the molecule is N#CCCCn1ccnc1-c1cccc(N)c1. The molecule has 0 saturated heterocycles. The molecule has 0 fully saturated rings. The molecule has 0 aliphatic rings. The van der Waals surface area contributed by atoms with Crippen molar-refractivity contribution in [1.82, 2.24) is 9.55 Å². The molecule has 0 bridgehead atoms. The van der Waals surface area contributed by atoms with Crippen LogP contribution in [-0.4, -0.2) is 9.55 Å². The summed E-state index contributed by atoms with van der Waals surface area (Å²) in [5.41, 5.74) is 7.49. The summed E-state index contributed by atoms with van der Waals surface area (Å²) in [5, 5.41) is 8.53. The fraction of sp³-hybridized carbons (Fsp3) is 0.231. The fourth-order valence-electron chi connectivity index (χ4n) is 1.76. The average molecular weight is 226 g/mol. The zero-order valence-electron chi connectivity index (χ0n) is 9.50. The van der Waals surface area contributed by atoms with Crippen molar-refractivity contribution in [2.24, 2.45) is 0 Å². The van der Waals surface area contributed by atoms with Crippen molar-refractivity contribution in [2.45, 2.75) is 19.4 Å². The second kappa shape index (κ2) is 5.17. The van der Waals surface area contributed by atoms with E-state index in [1.165, 1.54) is 0 Å². The van der Waals surface area contributed by atoms with Crippen LogP contribution >= 0.6 is 0 Å². The maximum atomic E-state index is 8.53. The van der Waals surface area contributed by atoms with Gasteiger partial charge in [0, 0.05) is 36.6 Å². The molecule has 0 atom stereocenters. The molecule has 17 heavy (non-hydrogen) atoms. The van der Waals surface area contributed by atoms with Crippen LogP contribution in [-0.2, 0) is 6.54 Å². The highest BCUT2D eigenvalue weighted by atomic mass is 15.1. The minimum Gasteiger partial charge on any atom is -0.399 e. The van der Waals surface area contributed by atoms with Crippen molar-refractivity contribution < 1.29 is 0 Å². The summed E-state index contributed by atoms with van der Waals surface area (Å²) in [4.78, 5) is 4.33. The quantitative estimate of drug-likeness (QED) is 0.643. The van der Waals surface area contributed by atoms with Crippen LogP contribution in [0, 0.1) is 11.3 Å². The van der Waals surface area contributed by atoms with E-state index in [9.17, 15) is 0 Å². The van der Waals surface area contributed by atoms with Gasteiger partial charge in [-0.25, -0.2) is 4.98 Å². The number of nitriles is 1. The topological polar surface area (TPSA) is 67.6 Å². The van der Waals surface area contributed by atoms with E-state index in [0.29, 0.717) is 6.42 Å². The Morgan fingerprint density at radius 1 is 1.41 bits per heavy atom. The first-order valence-corrected chi connectivity index (χ1v) is 5.55. The van der Waals surface area contributed by atoms with Crippen molar-refractivity contribution in [3.63, 3.8) is 0 Å². The molecule has 1 heterocycles. The Labute approximate surface area is 100 Å². The van der Waals surface area contributed by atoms with Gasteiger partial charge in [-0.2, -0.15) is 5.26 Å². The number of nitrogens with zero attached hydrogens (tertiary/aromatic N) is 3. The number of nitrogens with two attached hydrogens (primary N) is 1. The van der Waals surface area contributed by atoms with Crippen LogP contribution in [0.4, 0.5) is 5.69 Å². The third-order valence-corrected chi connectivity index (χ3v) is 2.55. The van der Waals surface area contributed by atoms with E-state index >= 15 is 0 Å². The molecule has 2 aromatic rings. The van der Waals surface area contributed by atoms with Crippen molar-refractivity contribution >= 4 is 5.69 Å². The lowest BCUT2D eigenvalue weighted by atomic mass is 10.2. The highest BCUT2D eigenvalue weighted by Gasteiger charge is 2.05. The van der Waals surface area contributed by atoms with Crippen LogP contribution in [0.5, 0.6) is 0 Å². The molecule has 1 aromatic heterocycles. The molecule has 0 aliphatic carbocycles. The second-order valence-corrected chi connectivity index (χ2v) is 3.83. The Kier molecular flexibility index (Phi) is 3.41. The van der Waals surface area contributed by atoms with Crippen LogP contribution in [0.1, 0.15) is 12.8 Å². The van der Waals surface area contributed by atoms with Gasteiger partial charge in [-0.1, -0.05) is 12.1 Å². The number of unbranched alkanes of at least 4 members (excludes halogenated alkanes) is 1. The van der Waals surface area contributed by atoms with Crippen molar-refractivity contribution in [2.75, 3.05) is 5.73 Å². The normalized spacial score (nSPS) is 10.1. The number of hydrogen-bond donors (Lipinski definition) is 1. The van der Waals surface area contributed by atoms with E-state index in [-0.39, 0.29) is 0 Å². The van der Waals surface area contributed by atoms with Crippen LogP contribution in [0.2, 0.25) is 0 Å². The number of aryl methyl sites for hydroxylation is 1. The molecule has 0 aliphatic heterocycles. The van der Waals surface area contributed by atoms with Gasteiger partial charge in [0.05, 0.1) is 6.07 Å². The third-order valence-electron chi connectivity index (χ3n) is 2.55. The number of hydrogen-bond acceptors (Lipinski definition) is 3. The van der Waals surface area contributed by atoms with Gasteiger partial charge >= 0.3 is 0 Å². The molecule has 0 radical (unpaired) electrons. The lowest BCUT2D eigenvalue weighted by Gasteiger charge is -2.07. The number of anilines is 1. The second-order valence-electron chi connectivity index (χ2n) is 3.83. The zero-order valence-corrected chi connectivity index (χ0v) is 9.50. The fourth-order valence-corrected chi connectivity index (χ4v) is 1.76. The van der Waals surface area contributed by atoms with Gasteiger partial charge < -0.3 is 10.3 Å². The molecular weight excluding hydrogens is 212 g/mol. The van der Waals surface area contributed by atoms with Crippen LogP contribution in [0.15, 0.2) is 36.7 Å². The molecule has 1 aromatic carbocycles. The van der Waals surface area contributed by atoms with E-state index in [1.54, 1.807) is 6.20 Å². The van der Waals surface area contributed by atoms with Crippen molar-refractivity contribution in [1.29, 1.82) is 5.26 Å². The molecule has 0 unspecified atom stereocenters. The Morgan fingerprint density at radius 3 is 3.06 bits per heavy atom. The number of nitrogen functional groups attached to an aromatic ring is 1. The minimum absolute atomic E-state index is 0.564. The number of imidazole rings is 1. The lowest BCUT2D eigenvalue weighted by Crippen LogP contribution is -1.99. The maximum absolute atomic E-state index is 8.53. The highest BCUT2D eigenvalue weighted by molar-refractivity contribution is 5.61. The largest absolute Gasteiger partial charge is 0.399 e. The predicted octanol–water partition coefficient (Wildman–Crippen LogP) is 2.44. The Hall–Kier alpha value is -2.28. The summed E-state index contributed by atoms with van der Waals surface area (Å²) in [6.07, 6.45) is 5.09. The molecule has 4 heteroatoms. The van der Waals surface area contributed by atoms with E-state index in [2.05, 4.69) is 11.1 Å². The first-order valence-electron chi connectivity index (χ1n) is 5.55. The summed E-state index contributed by atoms with van der Waals surface area (Å²) >= 11 is 0. The van der Waals surface area contributed by atoms with E-state index in [1.807, 2.05) is 35.0 Å². The third kappa shape index (κ3) is 2.64. The molecule has 2 N–H and O–H groups in total. The van der Waals surface area contributed by atoms with E-state index in [4.69, 9.17) is 11.0 Å². The van der Waals surface area contributed by atoms with Gasteiger partial charge in [0.1, 0.15) is 5.82 Å². The standard InChI is InChI=1S/C13H14N4/c14-6-1-2-8-17-9-7-16-13(17)11-4-3-5-12(15)10-11/h3-5,7,9-10H,1-2,8,15H2. The molecule has 0 amide bonds. The van der Waals surface area contributed by atoms with E-state index < -0.39 is 0 Å². The molecule has 0 spiro atoms. The number of benzene rings is 1. The zero-order chi connectivity index (χ0) is 12.1. The van der Waals surface area contributed by atoms with Crippen LogP contribution < -0.4 is 5.73 Å². The average Bonchev–Trinajstić information content (AvgIpc) is 2.78. The summed E-state index contributed by atoms with van der Waals surface area (Å²) in [6, 6.07) is 9.81. The molecule has 4 nitrogen and oxygen atoms in total. The number of rotatable bonds is 4. The van der Waals surface area contributed by atoms with Gasteiger partial charge in [0.25, 0.3) is 0 Å². The monoisotopic (exact) mass is 226 g/mol. The van der Waals surface area contributed by atoms with Gasteiger partial charge in [0.2, 0.25) is 0 Å². The van der Waals surface area contributed by atoms with Gasteiger partial charge in [-0.3, -0.25) is 0 Å². The maximum Gasteiger partial charge on any atom is 0.139 e. The Morgan fingerprint density at radius 2 is 2.29 bits per heavy atom. The van der Waals surface area contributed by atoms with Gasteiger partial charge in [-0.15, -0.1) is 0 Å². The Bertz CT molecular complexity index is 536. The molecule has 86 valence electrons. The molecular formula is C13H14N4. The predicted molar refractivity (Wildman–Crippen MR) is 66.9 cm³/mol. The molecule has 0 saturated carbocycles. The van der Waals surface area contributed by atoms with Gasteiger partial charge in [-0.05, 0) is 18.6 Å². The summed E-state index contributed by atoms with van der Waals surface area (Å²) in [6.45, 7) is 0.803. The number of aromatic nitrogens is 2. The van der Waals surface area contributed by atoms with Crippen molar-refractivity contribution in [3.8, 4) is 17.5 Å². The summed E-state index contributed by atoms with van der Waals surface area (Å²) in [5.74, 6) is 0.898. The Balaban J connectivity index is 2.22. The lowest BCUT2D eigenvalue weighted by molar-refractivity contribution is 0.659. The van der Waals surface area contributed by atoms with Crippen LogP contribution in [0.25, 0.3) is 11.4 Å². The minimum atomic E-state index is 0.564. The van der Waals surface area contributed by atoms with Crippen LogP contribution in [0.3, 0.4) is 0 Å². The molecule has 2 rings (SSSR count). The summed E-state index contributed by atoms with van der Waals surface area (Å²) < 4.78 is 2.05. The smallest absolute Gasteiger partial charge is 0.139 e. The van der Waals surface area contributed by atoms with Gasteiger partial charge in [0.15, 0.2) is 0 Å². The van der Waals surface area contributed by atoms with Crippen molar-refractivity contribution in [3.05, 3.63) is 36.7 Å². The first-order chi connectivity index (χ1) is 8.31.